The van der Waals surface area contributed by atoms with Crippen LogP contribution in [-0.2, 0) is 4.74 Å². The molecule has 1 saturated heterocycles. The first kappa shape index (κ1) is 12.7. The molecule has 0 aromatic heterocycles. The summed E-state index contributed by atoms with van der Waals surface area (Å²) >= 11 is 0. The van der Waals surface area contributed by atoms with Crippen LogP contribution in [0.2, 0.25) is 0 Å². The summed E-state index contributed by atoms with van der Waals surface area (Å²) in [5.74, 6) is -3.06. The van der Waals surface area contributed by atoms with E-state index in [9.17, 15) is 18.7 Å². The predicted octanol–water partition coefficient (Wildman–Crippen LogP) is 2.96. The minimum Gasteiger partial charge on any atom is -0.508 e. The molecule has 0 saturated carbocycles. The molecule has 1 amide bonds. The van der Waals surface area contributed by atoms with Crippen LogP contribution >= 0.6 is 0 Å². The largest absolute Gasteiger partial charge is 0.508 e. The summed E-state index contributed by atoms with van der Waals surface area (Å²) in [5, 5.41) is 12.9. The highest BCUT2D eigenvalue weighted by atomic mass is 19.3. The zero-order valence-electron chi connectivity index (χ0n) is 10.3. The Labute approximate surface area is 113 Å². The molecule has 0 aliphatic carbocycles. The van der Waals surface area contributed by atoms with Crippen molar-refractivity contribution >= 4 is 16.9 Å². The number of rotatable bonds is 1. The van der Waals surface area contributed by atoms with E-state index in [4.69, 9.17) is 0 Å². The lowest BCUT2D eigenvalue weighted by molar-refractivity contribution is -0.104. The fourth-order valence-electron chi connectivity index (χ4n) is 2.27. The van der Waals surface area contributed by atoms with Crippen molar-refractivity contribution in [3.63, 3.8) is 0 Å². The Kier molecular flexibility index (Phi) is 2.74. The summed E-state index contributed by atoms with van der Waals surface area (Å²) in [7, 11) is 0. The van der Waals surface area contributed by atoms with Crippen molar-refractivity contribution in [2.24, 2.45) is 0 Å². The highest BCUT2D eigenvalue weighted by molar-refractivity contribution is 5.84. The van der Waals surface area contributed by atoms with Crippen LogP contribution in [0.1, 0.15) is 11.6 Å². The van der Waals surface area contributed by atoms with Gasteiger partial charge in [-0.25, -0.2) is 13.6 Å². The maximum atomic E-state index is 13.8. The molecule has 0 spiro atoms. The van der Waals surface area contributed by atoms with Crippen LogP contribution in [0.15, 0.2) is 36.4 Å². The molecule has 1 aliphatic rings. The summed E-state index contributed by atoms with van der Waals surface area (Å²) < 4.78 is 31.9. The van der Waals surface area contributed by atoms with Gasteiger partial charge < -0.3 is 15.2 Å². The minimum atomic E-state index is -3.17. The van der Waals surface area contributed by atoms with Gasteiger partial charge in [0.05, 0.1) is 0 Å². The van der Waals surface area contributed by atoms with E-state index >= 15 is 0 Å². The van der Waals surface area contributed by atoms with Crippen molar-refractivity contribution in [3.05, 3.63) is 42.0 Å². The lowest BCUT2D eigenvalue weighted by atomic mass is 9.97. The summed E-state index contributed by atoms with van der Waals surface area (Å²) in [5.41, 5.74) is 0.296. The molecule has 1 fully saturated rings. The number of phenols is 1. The Morgan fingerprint density at radius 3 is 2.70 bits per heavy atom. The van der Waals surface area contributed by atoms with Gasteiger partial charge in [-0.15, -0.1) is 0 Å². The zero-order chi connectivity index (χ0) is 14.3. The van der Waals surface area contributed by atoms with Crippen molar-refractivity contribution in [2.75, 3.05) is 6.61 Å². The Bertz CT molecular complexity index is 687. The molecule has 2 N–H and O–H groups in total. The summed E-state index contributed by atoms with van der Waals surface area (Å²) in [6, 6.07) is 7.94. The topological polar surface area (TPSA) is 58.6 Å². The average Bonchev–Trinajstić information content (AvgIpc) is 2.41. The van der Waals surface area contributed by atoms with E-state index < -0.39 is 24.7 Å². The van der Waals surface area contributed by atoms with E-state index in [-0.39, 0.29) is 5.75 Å². The van der Waals surface area contributed by atoms with Gasteiger partial charge in [0.1, 0.15) is 11.8 Å². The molecule has 3 rings (SSSR count). The third-order valence-electron chi connectivity index (χ3n) is 3.26. The first-order valence-corrected chi connectivity index (χ1v) is 5.99. The number of ether oxygens (including phenoxy) is 1. The van der Waals surface area contributed by atoms with Gasteiger partial charge in [-0.2, -0.15) is 0 Å². The number of fused-ring (bicyclic) bond motifs is 1. The smallest absolute Gasteiger partial charge is 0.408 e. The molecule has 0 unspecified atom stereocenters. The van der Waals surface area contributed by atoms with Gasteiger partial charge in [0.25, 0.3) is 0 Å². The Morgan fingerprint density at radius 2 is 1.90 bits per heavy atom. The van der Waals surface area contributed by atoms with E-state index in [2.05, 4.69) is 10.1 Å². The van der Waals surface area contributed by atoms with Crippen LogP contribution in [0.3, 0.4) is 0 Å². The maximum absolute atomic E-state index is 13.8. The quantitative estimate of drug-likeness (QED) is 0.843. The fourth-order valence-corrected chi connectivity index (χ4v) is 2.27. The van der Waals surface area contributed by atoms with Crippen LogP contribution in [0.25, 0.3) is 10.8 Å². The van der Waals surface area contributed by atoms with Crippen LogP contribution in [0, 0.1) is 0 Å². The number of phenolic OH excluding ortho intramolecular Hbond substituents is 1. The normalized spacial score (nSPS) is 21.3. The standard InChI is InChI=1S/C14H11F2NO3/c15-14(16)7-20-13(19)17-12(14)10-2-1-9-6-11(18)4-3-8(9)5-10/h1-6,12,18H,7H2,(H,17,19)/t12-/m0/s1. The Morgan fingerprint density at radius 1 is 1.20 bits per heavy atom. The lowest BCUT2D eigenvalue weighted by Gasteiger charge is -2.31. The molecule has 20 heavy (non-hydrogen) atoms. The van der Waals surface area contributed by atoms with Crippen molar-refractivity contribution in [3.8, 4) is 5.75 Å². The highest BCUT2D eigenvalue weighted by Gasteiger charge is 2.46. The van der Waals surface area contributed by atoms with E-state index in [1.54, 1.807) is 24.3 Å². The van der Waals surface area contributed by atoms with Crippen LogP contribution in [0.5, 0.6) is 5.75 Å². The van der Waals surface area contributed by atoms with Gasteiger partial charge in [0.2, 0.25) is 0 Å². The number of carbonyl (C=O) groups excluding carboxylic acids is 1. The van der Waals surface area contributed by atoms with Gasteiger partial charge in [0, 0.05) is 0 Å². The zero-order valence-corrected chi connectivity index (χ0v) is 10.3. The highest BCUT2D eigenvalue weighted by Crippen LogP contribution is 2.35. The lowest BCUT2D eigenvalue weighted by Crippen LogP contribution is -2.49. The molecule has 2 aromatic rings. The first-order valence-electron chi connectivity index (χ1n) is 5.99. The number of carbonyl (C=O) groups is 1. The minimum absolute atomic E-state index is 0.106. The summed E-state index contributed by atoms with van der Waals surface area (Å²) in [4.78, 5) is 11.1. The van der Waals surface area contributed by atoms with Gasteiger partial charge in [0.15, 0.2) is 6.61 Å². The number of hydrogen-bond acceptors (Lipinski definition) is 3. The second-order valence-electron chi connectivity index (χ2n) is 4.71. The number of alkyl halides is 2. The van der Waals surface area contributed by atoms with E-state index in [1.807, 2.05) is 0 Å². The number of halogens is 2. The number of nitrogens with one attached hydrogen (secondary N) is 1. The van der Waals surface area contributed by atoms with Gasteiger partial charge >= 0.3 is 12.0 Å². The molecular weight excluding hydrogens is 268 g/mol. The second kappa shape index (κ2) is 4.33. The summed E-state index contributed by atoms with van der Waals surface area (Å²) in [6.45, 7) is -0.933. The van der Waals surface area contributed by atoms with Crippen molar-refractivity contribution in [2.45, 2.75) is 12.0 Å². The monoisotopic (exact) mass is 279 g/mol. The van der Waals surface area contributed by atoms with Crippen LogP contribution in [-0.4, -0.2) is 23.7 Å². The first-order chi connectivity index (χ1) is 9.45. The molecule has 0 bridgehead atoms. The number of hydrogen-bond donors (Lipinski definition) is 2. The number of amides is 1. The van der Waals surface area contributed by atoms with Gasteiger partial charge in [-0.3, -0.25) is 0 Å². The maximum Gasteiger partial charge on any atom is 0.408 e. The van der Waals surface area contributed by atoms with Crippen LogP contribution < -0.4 is 5.32 Å². The van der Waals surface area contributed by atoms with E-state index in [0.29, 0.717) is 10.9 Å². The second-order valence-corrected chi connectivity index (χ2v) is 4.71. The molecule has 104 valence electrons. The predicted molar refractivity (Wildman–Crippen MR) is 67.8 cm³/mol. The fraction of sp³-hybridized carbons (Fsp3) is 0.214. The third kappa shape index (κ3) is 2.13. The number of aromatic hydroxyl groups is 1. The van der Waals surface area contributed by atoms with Gasteiger partial charge in [-0.1, -0.05) is 18.2 Å². The third-order valence-corrected chi connectivity index (χ3v) is 3.26. The Hall–Kier alpha value is -2.37. The number of cyclic esters (lactones) is 1. The molecule has 1 heterocycles. The summed E-state index contributed by atoms with van der Waals surface area (Å²) in [6.07, 6.45) is -0.855. The van der Waals surface area contributed by atoms with E-state index in [0.717, 1.165) is 5.39 Å². The molecule has 4 nitrogen and oxygen atoms in total. The molecule has 1 atom stereocenters. The van der Waals surface area contributed by atoms with E-state index in [1.165, 1.54) is 12.1 Å². The molecule has 6 heteroatoms. The number of benzene rings is 2. The molecule has 2 aromatic carbocycles. The Balaban J connectivity index is 2.04. The SMILES string of the molecule is O=C1N[C@@H](c2ccc3cc(O)ccc3c2)C(F)(F)CO1. The average molecular weight is 279 g/mol. The van der Waals surface area contributed by atoms with Crippen LogP contribution in [0.4, 0.5) is 13.6 Å². The van der Waals surface area contributed by atoms with Gasteiger partial charge in [-0.05, 0) is 34.5 Å². The van der Waals surface area contributed by atoms with Crippen molar-refractivity contribution in [1.29, 1.82) is 0 Å². The molecule has 1 aliphatic heterocycles. The molecular formula is C14H11F2NO3. The molecule has 0 radical (unpaired) electrons. The van der Waals surface area contributed by atoms with Crippen molar-refractivity contribution in [1.82, 2.24) is 5.32 Å². The number of alkyl carbamates (subject to hydrolysis) is 1. The van der Waals surface area contributed by atoms with Crippen molar-refractivity contribution < 1.29 is 23.4 Å².